The second-order valence-corrected chi connectivity index (χ2v) is 3.12. The molecule has 2 aromatic rings. The maximum atomic E-state index is 12.4. The van der Waals surface area contributed by atoms with E-state index in [1.165, 1.54) is 0 Å². The van der Waals surface area contributed by atoms with E-state index in [1.54, 1.807) is 0 Å². The lowest BCUT2D eigenvalue weighted by atomic mass is 9.80. The van der Waals surface area contributed by atoms with Crippen molar-refractivity contribution in [2.24, 2.45) is 0 Å². The molecule has 0 aliphatic heterocycles. The van der Waals surface area contributed by atoms with E-state index in [1.807, 2.05) is 0 Å². The first-order chi connectivity index (χ1) is 6.98. The van der Waals surface area contributed by atoms with Crippen molar-refractivity contribution in [3.8, 4) is 0 Å². The Bertz CT molecular complexity index is 559. The molecule has 1 aromatic heterocycles. The van der Waals surface area contributed by atoms with Gasteiger partial charge in [-0.25, -0.2) is 0 Å². The van der Waals surface area contributed by atoms with Crippen LogP contribution in [0.5, 0.6) is 0 Å². The average Bonchev–Trinajstić information content (AvgIpc) is 2.16. The van der Waals surface area contributed by atoms with Crippen LogP contribution in [0.2, 0.25) is 0 Å². The van der Waals surface area contributed by atoms with Crippen LogP contribution in [0.15, 0.2) is 39.7 Å². The van der Waals surface area contributed by atoms with Gasteiger partial charge in [0.25, 0.3) is 0 Å². The van der Waals surface area contributed by atoms with E-state index in [0.717, 1.165) is 30.5 Å². The van der Waals surface area contributed by atoms with E-state index in [2.05, 4.69) is 0 Å². The number of hydrogen-bond donors (Lipinski definition) is 0. The topological polar surface area (TPSA) is 30.2 Å². The maximum Gasteiger partial charge on any atom is 0.509 e. The van der Waals surface area contributed by atoms with Crippen LogP contribution in [0.4, 0.5) is 12.9 Å². The van der Waals surface area contributed by atoms with Crippen molar-refractivity contribution in [3.63, 3.8) is 0 Å². The third kappa shape index (κ3) is 1.75. The molecule has 0 saturated heterocycles. The van der Waals surface area contributed by atoms with Gasteiger partial charge in [-0.1, -0.05) is 12.1 Å². The molecular formula is C9H5BF3O2-. The number of hydrogen-bond acceptors (Lipinski definition) is 2. The summed E-state index contributed by atoms with van der Waals surface area (Å²) in [5, 5.41) is -0.0470. The summed E-state index contributed by atoms with van der Waals surface area (Å²) in [5.41, 5.74) is -1.11. The van der Waals surface area contributed by atoms with E-state index >= 15 is 0 Å². The van der Waals surface area contributed by atoms with Gasteiger partial charge in [0, 0.05) is 6.07 Å². The predicted octanol–water partition coefficient (Wildman–Crippen LogP) is 1.85. The van der Waals surface area contributed by atoms with Gasteiger partial charge < -0.3 is 17.4 Å². The summed E-state index contributed by atoms with van der Waals surface area (Å²) in [6, 6.07) is 3.98. The van der Waals surface area contributed by atoms with Crippen molar-refractivity contribution in [2.45, 2.75) is 0 Å². The summed E-state index contributed by atoms with van der Waals surface area (Å²) in [7, 11) is 0. The molecule has 0 aliphatic carbocycles. The predicted molar refractivity (Wildman–Crippen MR) is 51.2 cm³/mol. The highest BCUT2D eigenvalue weighted by atomic mass is 19.4. The number of benzene rings is 1. The fourth-order valence-electron chi connectivity index (χ4n) is 1.31. The Kier molecular flexibility index (Phi) is 2.06. The minimum atomic E-state index is -5.08. The first-order valence-electron chi connectivity index (χ1n) is 4.20. The van der Waals surface area contributed by atoms with Crippen LogP contribution in [-0.2, 0) is 0 Å². The molecule has 0 amide bonds. The lowest BCUT2D eigenvalue weighted by molar-refractivity contribution is 0.501. The molecule has 0 spiro atoms. The molecular weight excluding hydrogens is 208 g/mol. The van der Waals surface area contributed by atoms with Crippen molar-refractivity contribution in [2.75, 3.05) is 0 Å². The van der Waals surface area contributed by atoms with Crippen LogP contribution in [0, 0.1) is 0 Å². The molecule has 0 N–H and O–H groups in total. The standard InChI is InChI=1S/C9H5BF3O2/c11-10(12,13)6-1-2-9-7(5-6)8(14)3-4-15-9/h1-5H/q-1. The molecule has 0 unspecified atom stereocenters. The van der Waals surface area contributed by atoms with Gasteiger partial charge in [0.05, 0.1) is 11.6 Å². The summed E-state index contributed by atoms with van der Waals surface area (Å²) >= 11 is 0. The SMILES string of the molecule is O=c1ccoc2ccc([B-](F)(F)F)cc12. The van der Waals surface area contributed by atoms with Gasteiger partial charge in [0.2, 0.25) is 0 Å². The highest BCUT2D eigenvalue weighted by Crippen LogP contribution is 2.13. The summed E-state index contributed by atoms with van der Waals surface area (Å²) in [6.45, 7) is -5.08. The fraction of sp³-hybridized carbons (Fsp3) is 0. The summed E-state index contributed by atoms with van der Waals surface area (Å²) < 4.78 is 42.0. The first kappa shape index (κ1) is 9.83. The van der Waals surface area contributed by atoms with Crippen LogP contribution in [-0.4, -0.2) is 6.98 Å². The van der Waals surface area contributed by atoms with Gasteiger partial charge in [0.1, 0.15) is 5.58 Å². The second-order valence-electron chi connectivity index (χ2n) is 3.12. The van der Waals surface area contributed by atoms with Crippen molar-refractivity contribution in [1.29, 1.82) is 0 Å². The first-order valence-corrected chi connectivity index (χ1v) is 4.20. The Balaban J connectivity index is 2.76. The highest BCUT2D eigenvalue weighted by molar-refractivity contribution is 6.73. The van der Waals surface area contributed by atoms with E-state index in [9.17, 15) is 17.7 Å². The number of rotatable bonds is 1. The molecule has 15 heavy (non-hydrogen) atoms. The van der Waals surface area contributed by atoms with Crippen LogP contribution in [0.1, 0.15) is 0 Å². The lowest BCUT2D eigenvalue weighted by Gasteiger charge is -2.14. The van der Waals surface area contributed by atoms with Gasteiger partial charge in [-0.15, -0.1) is 5.46 Å². The molecule has 0 aliphatic rings. The van der Waals surface area contributed by atoms with Crippen LogP contribution < -0.4 is 10.9 Å². The molecule has 2 nitrogen and oxygen atoms in total. The van der Waals surface area contributed by atoms with Crippen molar-refractivity contribution in [1.82, 2.24) is 0 Å². The van der Waals surface area contributed by atoms with Crippen LogP contribution in [0.3, 0.4) is 0 Å². The molecule has 0 atom stereocenters. The molecule has 1 aromatic carbocycles. The van der Waals surface area contributed by atoms with Crippen molar-refractivity contribution >= 4 is 23.4 Å². The Morgan fingerprint density at radius 2 is 1.87 bits per heavy atom. The second kappa shape index (κ2) is 3.15. The van der Waals surface area contributed by atoms with Crippen molar-refractivity contribution in [3.05, 3.63) is 40.8 Å². The van der Waals surface area contributed by atoms with E-state index < -0.39 is 17.9 Å². The third-order valence-electron chi connectivity index (χ3n) is 2.06. The quantitative estimate of drug-likeness (QED) is 0.676. The molecule has 6 heteroatoms. The molecule has 0 fully saturated rings. The van der Waals surface area contributed by atoms with E-state index in [-0.39, 0.29) is 11.0 Å². The zero-order chi connectivity index (χ0) is 11.1. The number of halogens is 3. The molecule has 0 radical (unpaired) electrons. The Hall–Kier alpha value is -1.72. The van der Waals surface area contributed by atoms with E-state index in [4.69, 9.17) is 4.42 Å². The normalized spacial score (nSPS) is 11.9. The van der Waals surface area contributed by atoms with Gasteiger partial charge >= 0.3 is 6.98 Å². The zero-order valence-corrected chi connectivity index (χ0v) is 7.41. The van der Waals surface area contributed by atoms with Gasteiger partial charge in [-0.3, -0.25) is 4.79 Å². The molecule has 0 bridgehead atoms. The highest BCUT2D eigenvalue weighted by Gasteiger charge is 2.25. The Morgan fingerprint density at radius 3 is 2.53 bits per heavy atom. The Labute approximate surface area is 82.4 Å². The van der Waals surface area contributed by atoms with E-state index in [0.29, 0.717) is 0 Å². The maximum absolute atomic E-state index is 12.4. The average molecular weight is 213 g/mol. The van der Waals surface area contributed by atoms with Crippen LogP contribution >= 0.6 is 0 Å². The smallest absolute Gasteiger partial charge is 0.464 e. The monoisotopic (exact) mass is 213 g/mol. The summed E-state index contributed by atoms with van der Waals surface area (Å²) in [6.07, 6.45) is 1.16. The zero-order valence-electron chi connectivity index (χ0n) is 7.41. The van der Waals surface area contributed by atoms with Gasteiger partial charge in [-0.2, -0.15) is 0 Å². The number of fused-ring (bicyclic) bond motifs is 1. The van der Waals surface area contributed by atoms with Crippen LogP contribution in [0.25, 0.3) is 11.0 Å². The largest absolute Gasteiger partial charge is 0.509 e. The summed E-state index contributed by atoms with van der Waals surface area (Å²) in [4.78, 5) is 11.2. The lowest BCUT2D eigenvalue weighted by Crippen LogP contribution is -2.34. The molecule has 2 rings (SSSR count). The van der Waals surface area contributed by atoms with Gasteiger partial charge in [0.15, 0.2) is 5.43 Å². The van der Waals surface area contributed by atoms with Gasteiger partial charge in [-0.05, 0) is 6.07 Å². The minimum absolute atomic E-state index is 0.0470. The third-order valence-corrected chi connectivity index (χ3v) is 2.06. The molecule has 78 valence electrons. The Morgan fingerprint density at radius 1 is 1.13 bits per heavy atom. The fourth-order valence-corrected chi connectivity index (χ4v) is 1.31. The molecule has 1 heterocycles. The summed E-state index contributed by atoms with van der Waals surface area (Å²) in [5.74, 6) is 0. The van der Waals surface area contributed by atoms with Crippen molar-refractivity contribution < 1.29 is 17.4 Å². The molecule has 0 saturated carbocycles. The minimum Gasteiger partial charge on any atom is -0.464 e.